The van der Waals surface area contributed by atoms with Crippen molar-refractivity contribution in [3.8, 4) is 0 Å². The molecule has 0 radical (unpaired) electrons. The molecular formula is C11H13NO3. The van der Waals surface area contributed by atoms with E-state index in [0.29, 0.717) is 11.3 Å². The lowest BCUT2D eigenvalue weighted by molar-refractivity contribution is 0.0694. The minimum absolute atomic E-state index is 0.0856. The summed E-state index contributed by atoms with van der Waals surface area (Å²) in [6.45, 7) is 3.37. The summed E-state index contributed by atoms with van der Waals surface area (Å²) in [5.74, 6) is -0.959. The van der Waals surface area contributed by atoms with Crippen molar-refractivity contribution < 1.29 is 9.90 Å². The van der Waals surface area contributed by atoms with Crippen LogP contribution in [0.25, 0.3) is 0 Å². The van der Waals surface area contributed by atoms with E-state index in [1.807, 2.05) is 0 Å². The predicted molar refractivity (Wildman–Crippen MR) is 55.4 cm³/mol. The van der Waals surface area contributed by atoms with Crippen LogP contribution < -0.4 is 5.56 Å². The lowest BCUT2D eigenvalue weighted by Gasteiger charge is -2.12. The molecule has 0 atom stereocenters. The minimum Gasteiger partial charge on any atom is -0.478 e. The first-order chi connectivity index (χ1) is 7.02. The summed E-state index contributed by atoms with van der Waals surface area (Å²) in [4.78, 5) is 22.7. The topological polar surface area (TPSA) is 59.3 Å². The summed E-state index contributed by atoms with van der Waals surface area (Å²) in [7, 11) is 0. The second-order valence-electron chi connectivity index (χ2n) is 4.03. The maximum Gasteiger partial charge on any atom is 0.337 e. The molecule has 0 aromatic carbocycles. The van der Waals surface area contributed by atoms with E-state index in [4.69, 9.17) is 5.11 Å². The molecule has 0 aliphatic heterocycles. The molecule has 2 rings (SSSR count). The lowest BCUT2D eigenvalue weighted by Crippen LogP contribution is -2.24. The fourth-order valence-corrected chi connectivity index (χ4v) is 2.01. The number of aromatic carboxylic acids is 1. The summed E-state index contributed by atoms with van der Waals surface area (Å²) in [6.07, 6.45) is 1.95. The third-order valence-corrected chi connectivity index (χ3v) is 2.82. The highest BCUT2D eigenvalue weighted by atomic mass is 16.4. The number of carbonyl (C=O) groups is 1. The van der Waals surface area contributed by atoms with E-state index < -0.39 is 5.97 Å². The Kier molecular flexibility index (Phi) is 2.14. The number of hydrogen-bond acceptors (Lipinski definition) is 2. The highest BCUT2D eigenvalue weighted by Gasteiger charge is 2.28. The predicted octanol–water partition coefficient (Wildman–Crippen LogP) is 1.50. The molecule has 1 aliphatic carbocycles. The lowest BCUT2D eigenvalue weighted by atomic mass is 10.1. The number of carboxylic acid groups (broad SMARTS) is 1. The molecule has 15 heavy (non-hydrogen) atoms. The van der Waals surface area contributed by atoms with Crippen molar-refractivity contribution in [2.75, 3.05) is 0 Å². The number of aryl methyl sites for hydroxylation is 1. The zero-order valence-corrected chi connectivity index (χ0v) is 8.78. The Hall–Kier alpha value is -1.58. The molecule has 1 N–H and O–H groups in total. The molecule has 1 aliphatic rings. The largest absolute Gasteiger partial charge is 0.478 e. The summed E-state index contributed by atoms with van der Waals surface area (Å²) >= 11 is 0. The summed E-state index contributed by atoms with van der Waals surface area (Å²) < 4.78 is 1.61. The Morgan fingerprint density at radius 2 is 2.07 bits per heavy atom. The van der Waals surface area contributed by atoms with E-state index >= 15 is 0 Å². The van der Waals surface area contributed by atoms with Crippen LogP contribution in [0.1, 0.15) is 40.5 Å². The van der Waals surface area contributed by atoms with Crippen molar-refractivity contribution in [1.82, 2.24) is 4.57 Å². The highest BCUT2D eigenvalue weighted by Crippen LogP contribution is 2.35. The zero-order chi connectivity index (χ0) is 11.2. The Morgan fingerprint density at radius 1 is 1.47 bits per heavy atom. The Labute approximate surface area is 87.2 Å². The van der Waals surface area contributed by atoms with Gasteiger partial charge in [0.25, 0.3) is 5.56 Å². The molecule has 1 aromatic rings. The monoisotopic (exact) mass is 207 g/mol. The number of rotatable bonds is 2. The average Bonchev–Trinajstić information content (AvgIpc) is 2.85. The molecule has 0 bridgehead atoms. The Bertz CT molecular complexity index is 483. The first kappa shape index (κ1) is 9.96. The van der Waals surface area contributed by atoms with Crippen LogP contribution in [0.5, 0.6) is 0 Å². The van der Waals surface area contributed by atoms with Crippen molar-refractivity contribution in [3.63, 3.8) is 0 Å². The van der Waals surface area contributed by atoms with Gasteiger partial charge in [-0.25, -0.2) is 4.79 Å². The second kappa shape index (κ2) is 3.22. The van der Waals surface area contributed by atoms with Crippen LogP contribution >= 0.6 is 0 Å². The fraction of sp³-hybridized carbons (Fsp3) is 0.455. The molecule has 1 heterocycles. The number of nitrogens with zero attached hydrogens (tertiary/aromatic N) is 1. The number of aromatic nitrogens is 1. The van der Waals surface area contributed by atoms with Gasteiger partial charge in [-0.1, -0.05) is 0 Å². The molecule has 4 heteroatoms. The van der Waals surface area contributed by atoms with Crippen molar-refractivity contribution in [2.45, 2.75) is 32.7 Å². The first-order valence-electron chi connectivity index (χ1n) is 4.98. The maximum absolute atomic E-state index is 11.7. The van der Waals surface area contributed by atoms with Gasteiger partial charge < -0.3 is 9.67 Å². The van der Waals surface area contributed by atoms with Gasteiger partial charge in [-0.3, -0.25) is 4.79 Å². The van der Waals surface area contributed by atoms with E-state index in [9.17, 15) is 9.59 Å². The van der Waals surface area contributed by atoms with Gasteiger partial charge in [-0.15, -0.1) is 0 Å². The van der Waals surface area contributed by atoms with Gasteiger partial charge >= 0.3 is 5.97 Å². The molecule has 1 saturated carbocycles. The minimum atomic E-state index is -0.959. The van der Waals surface area contributed by atoms with Crippen LogP contribution in [0.4, 0.5) is 0 Å². The van der Waals surface area contributed by atoms with Gasteiger partial charge in [0.05, 0.1) is 5.56 Å². The highest BCUT2D eigenvalue weighted by molar-refractivity contribution is 5.90. The molecular weight excluding hydrogens is 194 g/mol. The van der Waals surface area contributed by atoms with Crippen LogP contribution in [0.15, 0.2) is 10.9 Å². The first-order valence-corrected chi connectivity index (χ1v) is 4.98. The second-order valence-corrected chi connectivity index (χ2v) is 4.03. The van der Waals surface area contributed by atoms with E-state index in [2.05, 4.69) is 0 Å². The van der Waals surface area contributed by atoms with Crippen LogP contribution in [0.3, 0.4) is 0 Å². The van der Waals surface area contributed by atoms with Crippen molar-refractivity contribution >= 4 is 5.97 Å². The van der Waals surface area contributed by atoms with E-state index in [1.165, 1.54) is 6.07 Å². The van der Waals surface area contributed by atoms with Crippen LogP contribution in [-0.2, 0) is 0 Å². The van der Waals surface area contributed by atoms with Gasteiger partial charge in [0.1, 0.15) is 0 Å². The normalized spacial score (nSPS) is 15.3. The molecule has 0 unspecified atom stereocenters. The SMILES string of the molecule is Cc1cc(=O)n(C2CC2)c(C)c1C(=O)O. The van der Waals surface area contributed by atoms with Crippen LogP contribution in [0, 0.1) is 13.8 Å². The molecule has 1 fully saturated rings. The third-order valence-electron chi connectivity index (χ3n) is 2.82. The van der Waals surface area contributed by atoms with Gasteiger partial charge in [0.2, 0.25) is 0 Å². The maximum atomic E-state index is 11.7. The van der Waals surface area contributed by atoms with Crippen molar-refractivity contribution in [2.24, 2.45) is 0 Å². The molecule has 4 nitrogen and oxygen atoms in total. The Balaban J connectivity index is 2.71. The van der Waals surface area contributed by atoms with Gasteiger partial charge in [0, 0.05) is 17.8 Å². The number of hydrogen-bond donors (Lipinski definition) is 1. The number of carboxylic acids is 1. The molecule has 0 saturated heterocycles. The van der Waals surface area contributed by atoms with E-state index in [0.717, 1.165) is 12.8 Å². The zero-order valence-electron chi connectivity index (χ0n) is 8.78. The van der Waals surface area contributed by atoms with Gasteiger partial charge in [-0.2, -0.15) is 0 Å². The van der Waals surface area contributed by atoms with Crippen molar-refractivity contribution in [3.05, 3.63) is 33.2 Å². The smallest absolute Gasteiger partial charge is 0.337 e. The fourth-order valence-electron chi connectivity index (χ4n) is 2.01. The van der Waals surface area contributed by atoms with E-state index in [-0.39, 0.29) is 17.2 Å². The van der Waals surface area contributed by atoms with Crippen molar-refractivity contribution in [1.29, 1.82) is 0 Å². The standard InChI is InChI=1S/C11H13NO3/c1-6-5-9(13)12(8-3-4-8)7(2)10(6)11(14)15/h5,8H,3-4H2,1-2H3,(H,14,15). The van der Waals surface area contributed by atoms with Gasteiger partial charge in [-0.05, 0) is 32.3 Å². The summed E-state index contributed by atoms with van der Waals surface area (Å²) in [5.41, 5.74) is 1.30. The van der Waals surface area contributed by atoms with Crippen LogP contribution in [0.2, 0.25) is 0 Å². The van der Waals surface area contributed by atoms with E-state index in [1.54, 1.807) is 18.4 Å². The molecule has 1 aromatic heterocycles. The molecule has 0 amide bonds. The Morgan fingerprint density at radius 3 is 2.53 bits per heavy atom. The molecule has 0 spiro atoms. The summed E-state index contributed by atoms with van der Waals surface area (Å²) in [5, 5.41) is 9.05. The summed E-state index contributed by atoms with van der Waals surface area (Å²) in [6, 6.07) is 1.63. The molecule has 80 valence electrons. The van der Waals surface area contributed by atoms with Gasteiger partial charge in [0.15, 0.2) is 0 Å². The quantitative estimate of drug-likeness (QED) is 0.799. The number of pyridine rings is 1. The van der Waals surface area contributed by atoms with Crippen LogP contribution in [-0.4, -0.2) is 15.6 Å². The average molecular weight is 207 g/mol. The third kappa shape index (κ3) is 1.56.